The van der Waals surface area contributed by atoms with E-state index in [1.54, 1.807) is 13.3 Å². The zero-order valence-electron chi connectivity index (χ0n) is 12.9. The highest BCUT2D eigenvalue weighted by molar-refractivity contribution is 5.29. The van der Waals surface area contributed by atoms with Gasteiger partial charge in [-0.1, -0.05) is 6.92 Å². The minimum atomic E-state index is 0.0850. The van der Waals surface area contributed by atoms with E-state index >= 15 is 0 Å². The molecule has 2 unspecified atom stereocenters. The van der Waals surface area contributed by atoms with E-state index in [1.165, 1.54) is 0 Å². The summed E-state index contributed by atoms with van der Waals surface area (Å²) >= 11 is 0. The average molecular weight is 282 g/mol. The van der Waals surface area contributed by atoms with Crippen molar-refractivity contribution in [1.29, 1.82) is 0 Å². The van der Waals surface area contributed by atoms with E-state index in [9.17, 15) is 0 Å². The van der Waals surface area contributed by atoms with Gasteiger partial charge in [0.15, 0.2) is 5.75 Å². The van der Waals surface area contributed by atoms with Gasteiger partial charge >= 0.3 is 0 Å². The average Bonchev–Trinajstić information content (AvgIpc) is 2.91. The zero-order chi connectivity index (χ0) is 14.5. The smallest absolute Gasteiger partial charge is 0.161 e. The summed E-state index contributed by atoms with van der Waals surface area (Å²) in [6.07, 6.45) is 1.90. The molecule has 0 aromatic carbocycles. The van der Waals surface area contributed by atoms with E-state index in [4.69, 9.17) is 9.47 Å². The lowest BCUT2D eigenvalue weighted by atomic mass is 10.0. The second-order valence-corrected chi connectivity index (χ2v) is 4.98. The second kappa shape index (κ2) is 7.06. The van der Waals surface area contributed by atoms with Crippen LogP contribution in [0.2, 0.25) is 0 Å². The van der Waals surface area contributed by atoms with Gasteiger partial charge in [0.1, 0.15) is 0 Å². The van der Waals surface area contributed by atoms with Gasteiger partial charge in [0.2, 0.25) is 0 Å². The molecule has 1 saturated heterocycles. The van der Waals surface area contributed by atoms with Crippen molar-refractivity contribution in [2.75, 3.05) is 40.4 Å². The Morgan fingerprint density at radius 2 is 2.30 bits per heavy atom. The topological polar surface area (TPSA) is 51.6 Å². The molecule has 0 aliphatic carbocycles. The van der Waals surface area contributed by atoms with Crippen LogP contribution in [-0.2, 0) is 11.3 Å². The molecule has 6 nitrogen and oxygen atoms in total. The number of nitrogens with one attached hydrogen (secondary N) is 1. The summed E-state index contributed by atoms with van der Waals surface area (Å²) in [5.74, 6) is 0.823. The summed E-state index contributed by atoms with van der Waals surface area (Å²) < 4.78 is 13.4. The first-order valence-corrected chi connectivity index (χ1v) is 7.36. The lowest BCUT2D eigenvalue weighted by Gasteiger charge is -2.36. The number of rotatable bonds is 6. The number of ether oxygens (including phenoxy) is 2. The van der Waals surface area contributed by atoms with Gasteiger partial charge in [-0.05, 0) is 20.5 Å². The Balaban J connectivity index is 2.25. The van der Waals surface area contributed by atoms with Gasteiger partial charge in [-0.2, -0.15) is 5.10 Å². The molecule has 2 heterocycles. The Morgan fingerprint density at radius 1 is 1.50 bits per heavy atom. The lowest BCUT2D eigenvalue weighted by Crippen LogP contribution is -2.48. The maximum Gasteiger partial charge on any atom is 0.161 e. The highest BCUT2D eigenvalue weighted by atomic mass is 16.5. The molecule has 6 heteroatoms. The third-order valence-corrected chi connectivity index (χ3v) is 3.97. The lowest BCUT2D eigenvalue weighted by molar-refractivity contribution is -0.0460. The van der Waals surface area contributed by atoms with Gasteiger partial charge in [-0.15, -0.1) is 0 Å². The fraction of sp³-hybridized carbons (Fsp3) is 0.786. The number of morpholine rings is 1. The minimum absolute atomic E-state index is 0.0850. The fourth-order valence-corrected chi connectivity index (χ4v) is 2.82. The maximum absolute atomic E-state index is 5.99. The molecule has 114 valence electrons. The van der Waals surface area contributed by atoms with Crippen LogP contribution >= 0.6 is 0 Å². The normalized spacial score (nSPS) is 21.9. The molecular formula is C14H26N4O2. The molecule has 1 aromatic heterocycles. The summed E-state index contributed by atoms with van der Waals surface area (Å²) in [6, 6.07) is 0.0850. The summed E-state index contributed by atoms with van der Waals surface area (Å²) in [5, 5.41) is 7.77. The summed E-state index contributed by atoms with van der Waals surface area (Å²) in [7, 11) is 3.65. The monoisotopic (exact) mass is 282 g/mol. The first-order valence-electron chi connectivity index (χ1n) is 7.36. The molecule has 1 aromatic rings. The molecule has 2 atom stereocenters. The van der Waals surface area contributed by atoms with E-state index < -0.39 is 0 Å². The van der Waals surface area contributed by atoms with E-state index in [0.29, 0.717) is 0 Å². The van der Waals surface area contributed by atoms with E-state index in [1.807, 2.05) is 11.7 Å². The zero-order valence-corrected chi connectivity index (χ0v) is 12.9. The third kappa shape index (κ3) is 2.97. The second-order valence-electron chi connectivity index (χ2n) is 4.98. The first-order chi connectivity index (χ1) is 9.74. The molecule has 0 bridgehead atoms. The molecule has 1 fully saturated rings. The molecule has 1 aliphatic heterocycles. The largest absolute Gasteiger partial charge is 0.493 e. The third-order valence-electron chi connectivity index (χ3n) is 3.97. The standard InChI is InChI=1S/C14H26N4O2/c1-5-17-7-8-20-12(10-17)13(15-3)14-11(19-4)9-16-18(14)6-2/h9,12-13,15H,5-8,10H2,1-4H3. The van der Waals surface area contributed by atoms with Gasteiger partial charge in [0.05, 0.1) is 37.8 Å². The minimum Gasteiger partial charge on any atom is -0.493 e. The van der Waals surface area contributed by atoms with Crippen LogP contribution < -0.4 is 10.1 Å². The van der Waals surface area contributed by atoms with Crippen molar-refractivity contribution in [3.05, 3.63) is 11.9 Å². The van der Waals surface area contributed by atoms with Crippen molar-refractivity contribution >= 4 is 0 Å². The number of nitrogens with zero attached hydrogens (tertiary/aromatic N) is 3. The molecular weight excluding hydrogens is 256 g/mol. The Hall–Kier alpha value is -1.11. The Morgan fingerprint density at radius 3 is 2.90 bits per heavy atom. The van der Waals surface area contributed by atoms with Gasteiger partial charge in [-0.25, -0.2) is 0 Å². The number of hydrogen-bond acceptors (Lipinski definition) is 5. The van der Waals surface area contributed by atoms with E-state index in [0.717, 1.165) is 44.2 Å². The van der Waals surface area contributed by atoms with E-state index in [-0.39, 0.29) is 12.1 Å². The van der Waals surface area contributed by atoms with Crippen LogP contribution in [0.5, 0.6) is 5.75 Å². The molecule has 0 amide bonds. The van der Waals surface area contributed by atoms with Crippen LogP contribution in [0.15, 0.2) is 6.20 Å². The molecule has 0 spiro atoms. The fourth-order valence-electron chi connectivity index (χ4n) is 2.82. The van der Waals surface area contributed by atoms with Gasteiger partial charge in [0.25, 0.3) is 0 Å². The quantitative estimate of drug-likeness (QED) is 0.840. The Bertz CT molecular complexity index is 400. The van der Waals surface area contributed by atoms with Crippen LogP contribution in [0.1, 0.15) is 25.6 Å². The number of aryl methyl sites for hydroxylation is 1. The molecule has 2 rings (SSSR count). The van der Waals surface area contributed by atoms with Crippen molar-refractivity contribution in [2.45, 2.75) is 32.5 Å². The van der Waals surface area contributed by atoms with E-state index in [2.05, 4.69) is 29.2 Å². The van der Waals surface area contributed by atoms with Crippen LogP contribution in [0, 0.1) is 0 Å². The highest BCUT2D eigenvalue weighted by Crippen LogP contribution is 2.29. The van der Waals surface area contributed by atoms with Crippen LogP contribution in [0.25, 0.3) is 0 Å². The van der Waals surface area contributed by atoms with Crippen LogP contribution in [-0.4, -0.2) is 61.2 Å². The summed E-state index contributed by atoms with van der Waals surface area (Å²) in [6.45, 7) is 8.87. The maximum atomic E-state index is 5.99. The Labute approximate surface area is 121 Å². The van der Waals surface area contributed by atoms with Crippen molar-refractivity contribution < 1.29 is 9.47 Å². The summed E-state index contributed by atoms with van der Waals surface area (Å²) in [5.41, 5.74) is 1.07. The Kier molecular flexibility index (Phi) is 5.39. The van der Waals surface area contributed by atoms with Crippen LogP contribution in [0.3, 0.4) is 0 Å². The van der Waals surface area contributed by atoms with Crippen molar-refractivity contribution in [3.63, 3.8) is 0 Å². The number of aromatic nitrogens is 2. The van der Waals surface area contributed by atoms with Crippen molar-refractivity contribution in [3.8, 4) is 5.75 Å². The van der Waals surface area contributed by atoms with Gasteiger partial charge < -0.3 is 14.8 Å². The molecule has 1 aliphatic rings. The van der Waals surface area contributed by atoms with Gasteiger partial charge in [0, 0.05) is 19.6 Å². The molecule has 0 saturated carbocycles. The van der Waals surface area contributed by atoms with Gasteiger partial charge in [-0.3, -0.25) is 9.58 Å². The predicted molar refractivity (Wildman–Crippen MR) is 78.1 cm³/mol. The van der Waals surface area contributed by atoms with Crippen molar-refractivity contribution in [2.24, 2.45) is 0 Å². The predicted octanol–water partition coefficient (Wildman–Crippen LogP) is 0.893. The summed E-state index contributed by atoms with van der Waals surface area (Å²) in [4.78, 5) is 2.41. The number of likely N-dealkylation sites (N-methyl/N-ethyl adjacent to an activating group) is 2. The first kappa shape index (κ1) is 15.3. The molecule has 20 heavy (non-hydrogen) atoms. The van der Waals surface area contributed by atoms with Crippen LogP contribution in [0.4, 0.5) is 0 Å². The van der Waals surface area contributed by atoms with Crippen molar-refractivity contribution in [1.82, 2.24) is 20.0 Å². The highest BCUT2D eigenvalue weighted by Gasteiger charge is 2.32. The number of methoxy groups -OCH3 is 1. The SMILES string of the molecule is CCN1CCOC(C(NC)c2c(OC)cnn2CC)C1. The number of hydrogen-bond donors (Lipinski definition) is 1. The molecule has 0 radical (unpaired) electrons. The molecule has 1 N–H and O–H groups in total.